The smallest absolute Gasteiger partial charge is 0.0506 e. The van der Waals surface area contributed by atoms with Crippen LogP contribution >= 0.6 is 11.6 Å². The van der Waals surface area contributed by atoms with Gasteiger partial charge in [0.2, 0.25) is 0 Å². The molecular weight excluding hydrogens is 416 g/mol. The maximum absolute atomic E-state index is 6.71. The molecule has 1 aliphatic rings. The van der Waals surface area contributed by atoms with Gasteiger partial charge in [-0.25, -0.2) is 0 Å². The molecule has 32 heavy (non-hydrogen) atoms. The molecule has 0 amide bonds. The second-order valence-electron chi connectivity index (χ2n) is 8.70. The molecule has 4 aromatic rings. The zero-order valence-corrected chi connectivity index (χ0v) is 19.3. The minimum absolute atomic E-state index is 0.792. The van der Waals surface area contributed by atoms with Crippen LogP contribution < -0.4 is 0 Å². The van der Waals surface area contributed by atoms with Crippen molar-refractivity contribution in [1.82, 2.24) is 19.4 Å². The number of benzene rings is 2. The fourth-order valence-electron chi connectivity index (χ4n) is 4.62. The fourth-order valence-corrected chi connectivity index (χ4v) is 4.90. The summed E-state index contributed by atoms with van der Waals surface area (Å²) in [6, 6.07) is 18.8. The second-order valence-corrected chi connectivity index (χ2v) is 9.10. The van der Waals surface area contributed by atoms with Crippen LogP contribution in [0.15, 0.2) is 73.2 Å². The first-order valence-corrected chi connectivity index (χ1v) is 11.8. The number of aromatic nitrogens is 2. The Labute approximate surface area is 195 Å². The molecule has 0 radical (unpaired) electrons. The lowest BCUT2D eigenvalue weighted by atomic mass is 10.0. The Morgan fingerprint density at radius 1 is 0.844 bits per heavy atom. The molecule has 0 N–H and O–H groups in total. The topological polar surface area (TPSA) is 24.3 Å². The van der Waals surface area contributed by atoms with E-state index in [1.165, 1.54) is 11.1 Å². The molecule has 4 nitrogen and oxygen atoms in total. The maximum Gasteiger partial charge on any atom is 0.0506 e. The molecule has 0 aliphatic carbocycles. The van der Waals surface area contributed by atoms with E-state index in [1.54, 1.807) is 0 Å². The van der Waals surface area contributed by atoms with Crippen LogP contribution in [-0.4, -0.2) is 59.1 Å². The van der Waals surface area contributed by atoms with Crippen molar-refractivity contribution >= 4 is 22.5 Å². The number of hydrogen-bond donors (Lipinski definition) is 0. The van der Waals surface area contributed by atoms with Gasteiger partial charge >= 0.3 is 0 Å². The Hall–Kier alpha value is -2.66. The Bertz CT molecular complexity index is 1190. The van der Waals surface area contributed by atoms with Crippen LogP contribution in [0.4, 0.5) is 0 Å². The largest absolute Gasteiger partial charge is 0.347 e. The van der Waals surface area contributed by atoms with E-state index >= 15 is 0 Å². The highest BCUT2D eigenvalue weighted by Gasteiger charge is 2.16. The van der Waals surface area contributed by atoms with Gasteiger partial charge in [0, 0.05) is 73.4 Å². The first kappa shape index (κ1) is 21.2. The lowest BCUT2D eigenvalue weighted by Crippen LogP contribution is -2.44. The summed E-state index contributed by atoms with van der Waals surface area (Å²) < 4.78 is 2.36. The zero-order chi connectivity index (χ0) is 21.9. The van der Waals surface area contributed by atoms with Crippen molar-refractivity contribution in [2.45, 2.75) is 13.0 Å². The summed E-state index contributed by atoms with van der Waals surface area (Å²) in [6.45, 7) is 6.77. The number of likely N-dealkylation sites (N-methyl/N-ethyl adjacent to an activating group) is 1. The Balaban J connectivity index is 1.43. The minimum Gasteiger partial charge on any atom is -0.347 e. The van der Waals surface area contributed by atoms with Crippen molar-refractivity contribution in [3.8, 4) is 22.3 Å². The first-order valence-electron chi connectivity index (χ1n) is 11.4. The van der Waals surface area contributed by atoms with E-state index < -0.39 is 0 Å². The summed E-state index contributed by atoms with van der Waals surface area (Å²) in [5.41, 5.74) is 5.73. The Kier molecular flexibility index (Phi) is 6.26. The van der Waals surface area contributed by atoms with Gasteiger partial charge in [-0.1, -0.05) is 48.0 Å². The van der Waals surface area contributed by atoms with E-state index in [9.17, 15) is 0 Å². The van der Waals surface area contributed by atoms with Crippen molar-refractivity contribution in [2.24, 2.45) is 0 Å². The summed E-state index contributed by atoms with van der Waals surface area (Å²) >= 11 is 6.71. The zero-order valence-electron chi connectivity index (χ0n) is 18.5. The fraction of sp³-hybridized carbons (Fsp3) is 0.296. The molecule has 5 rings (SSSR count). The van der Waals surface area contributed by atoms with E-state index in [-0.39, 0.29) is 0 Å². The van der Waals surface area contributed by atoms with E-state index in [4.69, 9.17) is 11.6 Å². The van der Waals surface area contributed by atoms with Crippen molar-refractivity contribution in [3.05, 3.63) is 78.2 Å². The summed E-state index contributed by atoms with van der Waals surface area (Å²) in [5.74, 6) is 0. The summed E-state index contributed by atoms with van der Waals surface area (Å²) in [6.07, 6.45) is 7.25. The standard InChI is InChI=1S/C27H29ClN4/c1-30-13-15-31(16-14-30)11-6-12-32-20-24(27-25(28)9-5-10-26(27)32)23-17-22(18-29-19-23)21-7-3-2-4-8-21/h2-5,7-10,17-20H,6,11-16H2,1H3. The minimum atomic E-state index is 0.792. The average Bonchev–Trinajstić information content (AvgIpc) is 3.21. The van der Waals surface area contributed by atoms with E-state index in [1.807, 2.05) is 30.6 Å². The number of pyridine rings is 1. The predicted molar refractivity (Wildman–Crippen MR) is 134 cm³/mol. The third-order valence-electron chi connectivity index (χ3n) is 6.48. The van der Waals surface area contributed by atoms with Crippen LogP contribution in [0.5, 0.6) is 0 Å². The van der Waals surface area contributed by atoms with Crippen molar-refractivity contribution in [1.29, 1.82) is 0 Å². The molecule has 2 aromatic heterocycles. The molecule has 3 heterocycles. The van der Waals surface area contributed by atoms with Gasteiger partial charge in [-0.05, 0) is 43.8 Å². The molecule has 164 valence electrons. The van der Waals surface area contributed by atoms with Gasteiger partial charge in [0.15, 0.2) is 0 Å². The Morgan fingerprint density at radius 2 is 1.62 bits per heavy atom. The van der Waals surface area contributed by atoms with Gasteiger partial charge in [-0.2, -0.15) is 0 Å². The van der Waals surface area contributed by atoms with Gasteiger partial charge in [-0.3, -0.25) is 4.98 Å². The van der Waals surface area contributed by atoms with E-state index in [2.05, 4.69) is 69.0 Å². The third kappa shape index (κ3) is 4.44. The van der Waals surface area contributed by atoms with Gasteiger partial charge in [0.1, 0.15) is 0 Å². The quantitative estimate of drug-likeness (QED) is 0.383. The van der Waals surface area contributed by atoms with Crippen LogP contribution in [0.3, 0.4) is 0 Å². The molecule has 2 aromatic carbocycles. The lowest BCUT2D eigenvalue weighted by Gasteiger charge is -2.32. The van der Waals surface area contributed by atoms with Crippen molar-refractivity contribution in [3.63, 3.8) is 0 Å². The molecule has 0 saturated carbocycles. The monoisotopic (exact) mass is 444 g/mol. The highest BCUT2D eigenvalue weighted by Crippen LogP contribution is 2.36. The highest BCUT2D eigenvalue weighted by molar-refractivity contribution is 6.36. The number of halogens is 1. The number of nitrogens with zero attached hydrogens (tertiary/aromatic N) is 4. The maximum atomic E-state index is 6.71. The molecule has 0 unspecified atom stereocenters. The van der Waals surface area contributed by atoms with Crippen LogP contribution in [0, 0.1) is 0 Å². The normalized spacial score (nSPS) is 15.4. The lowest BCUT2D eigenvalue weighted by molar-refractivity contribution is 0.151. The first-order chi connectivity index (χ1) is 15.7. The molecule has 0 atom stereocenters. The van der Waals surface area contributed by atoms with Crippen molar-refractivity contribution in [2.75, 3.05) is 39.8 Å². The van der Waals surface area contributed by atoms with Crippen LogP contribution in [0.25, 0.3) is 33.2 Å². The summed E-state index contributed by atoms with van der Waals surface area (Å²) in [4.78, 5) is 9.53. The average molecular weight is 445 g/mol. The number of hydrogen-bond acceptors (Lipinski definition) is 3. The van der Waals surface area contributed by atoms with E-state index in [0.717, 1.165) is 72.8 Å². The molecular formula is C27H29ClN4. The van der Waals surface area contributed by atoms with Gasteiger partial charge in [0.25, 0.3) is 0 Å². The number of rotatable bonds is 6. The van der Waals surface area contributed by atoms with Gasteiger partial charge in [-0.15, -0.1) is 0 Å². The third-order valence-corrected chi connectivity index (χ3v) is 6.80. The SMILES string of the molecule is CN1CCN(CCCn2cc(-c3cncc(-c4ccccc4)c3)c3c(Cl)cccc32)CC1. The molecule has 0 bridgehead atoms. The Morgan fingerprint density at radius 3 is 2.44 bits per heavy atom. The van der Waals surface area contributed by atoms with Crippen molar-refractivity contribution < 1.29 is 0 Å². The molecule has 0 spiro atoms. The summed E-state index contributed by atoms with van der Waals surface area (Å²) in [5, 5.41) is 1.90. The van der Waals surface area contributed by atoms with Crippen LogP contribution in [-0.2, 0) is 6.54 Å². The summed E-state index contributed by atoms with van der Waals surface area (Å²) in [7, 11) is 2.20. The van der Waals surface area contributed by atoms with E-state index in [0.29, 0.717) is 0 Å². The predicted octanol–water partition coefficient (Wildman–Crippen LogP) is 5.66. The molecule has 1 saturated heterocycles. The van der Waals surface area contributed by atoms with Gasteiger partial charge in [0.05, 0.1) is 10.5 Å². The van der Waals surface area contributed by atoms with Gasteiger partial charge < -0.3 is 14.4 Å². The molecule has 1 fully saturated rings. The van der Waals surface area contributed by atoms with Crippen LogP contribution in [0.1, 0.15) is 6.42 Å². The second kappa shape index (κ2) is 9.45. The highest BCUT2D eigenvalue weighted by atomic mass is 35.5. The number of piperazine rings is 1. The molecule has 5 heteroatoms. The number of fused-ring (bicyclic) bond motifs is 1. The molecule has 1 aliphatic heterocycles. The number of aryl methyl sites for hydroxylation is 1. The van der Waals surface area contributed by atoms with Crippen LogP contribution in [0.2, 0.25) is 5.02 Å².